The Morgan fingerprint density at radius 3 is 1.85 bits per heavy atom. The van der Waals surface area contributed by atoms with Crippen LogP contribution >= 0.6 is 0 Å². The van der Waals surface area contributed by atoms with E-state index in [0.717, 1.165) is 62.8 Å². The predicted molar refractivity (Wildman–Crippen MR) is 275 cm³/mol. The van der Waals surface area contributed by atoms with Gasteiger partial charge >= 0.3 is 0 Å². The van der Waals surface area contributed by atoms with Crippen LogP contribution in [-0.2, 0) is 6.42 Å². The summed E-state index contributed by atoms with van der Waals surface area (Å²) < 4.78 is 2.36. The average molecular weight is 860 g/mol. The molecule has 0 saturated heterocycles. The topological polar surface area (TPSA) is 67.4 Å². The molecular weight excluding hydrogens is 815 g/mol. The monoisotopic (exact) mass is 859 g/mol. The first kappa shape index (κ1) is 41.0. The zero-order valence-electron chi connectivity index (χ0n) is 37.1. The van der Waals surface area contributed by atoms with Crippen LogP contribution in [0.5, 0.6) is 0 Å². The second kappa shape index (κ2) is 18.0. The molecule has 11 rings (SSSR count). The Morgan fingerprint density at radius 2 is 1.13 bits per heavy atom. The van der Waals surface area contributed by atoms with Gasteiger partial charge in [-0.25, -0.2) is 15.0 Å². The molecule has 2 heterocycles. The summed E-state index contributed by atoms with van der Waals surface area (Å²) in [5.41, 5.74) is 15.9. The molecule has 5 nitrogen and oxygen atoms in total. The molecule has 1 unspecified atom stereocenters. The van der Waals surface area contributed by atoms with Gasteiger partial charge in [-0.2, -0.15) is 5.26 Å². The fourth-order valence-electron chi connectivity index (χ4n) is 9.35. The van der Waals surface area contributed by atoms with Crippen molar-refractivity contribution in [3.05, 3.63) is 252 Å². The number of rotatable bonds is 8. The van der Waals surface area contributed by atoms with Crippen molar-refractivity contribution in [3.63, 3.8) is 0 Å². The Hall–Kier alpha value is -8.72. The molecule has 0 saturated carbocycles. The molecule has 67 heavy (non-hydrogen) atoms. The predicted octanol–water partition coefficient (Wildman–Crippen LogP) is 15.3. The maximum atomic E-state index is 10.4. The van der Waals surface area contributed by atoms with E-state index in [4.69, 9.17) is 15.0 Å². The van der Waals surface area contributed by atoms with Gasteiger partial charge in [0.25, 0.3) is 0 Å². The SMILES string of the molecule is CC1/C=C\C(c2ccc(-n3c4ccccc4c4ccc(-c5cc(C#N)cc(-c6nc(-c7ccccc7)nc(-c7ccccc7)n6)c5)cc43)cc2)=C/C/C(Cc2ccccc2)=C\c2ccccc21. The summed E-state index contributed by atoms with van der Waals surface area (Å²) in [4.78, 5) is 14.9. The van der Waals surface area contributed by atoms with Gasteiger partial charge in [-0.05, 0) is 100 Å². The Kier molecular flexibility index (Phi) is 11.0. The molecule has 1 aliphatic rings. The average Bonchev–Trinajstić information content (AvgIpc) is 3.73. The number of allylic oxidation sites excluding steroid dienone is 5. The van der Waals surface area contributed by atoms with Gasteiger partial charge in [-0.1, -0.05) is 195 Å². The molecule has 0 fully saturated rings. The van der Waals surface area contributed by atoms with Crippen molar-refractivity contribution in [2.75, 3.05) is 0 Å². The van der Waals surface area contributed by atoms with Crippen molar-refractivity contribution in [1.29, 1.82) is 5.26 Å². The minimum Gasteiger partial charge on any atom is -0.309 e. The van der Waals surface area contributed by atoms with Gasteiger partial charge in [0.2, 0.25) is 0 Å². The van der Waals surface area contributed by atoms with Crippen molar-refractivity contribution < 1.29 is 0 Å². The van der Waals surface area contributed by atoms with Crippen LogP contribution in [0.15, 0.2) is 224 Å². The van der Waals surface area contributed by atoms with Crippen LogP contribution in [0.4, 0.5) is 0 Å². The summed E-state index contributed by atoms with van der Waals surface area (Å²) in [7, 11) is 0. The first-order valence-corrected chi connectivity index (χ1v) is 22.8. The lowest BCUT2D eigenvalue weighted by Crippen LogP contribution is -2.00. The lowest BCUT2D eigenvalue weighted by atomic mass is 9.89. The number of para-hydroxylation sites is 1. The Morgan fingerprint density at radius 1 is 0.537 bits per heavy atom. The lowest BCUT2D eigenvalue weighted by molar-refractivity contribution is 0.961. The van der Waals surface area contributed by atoms with Gasteiger partial charge < -0.3 is 4.57 Å². The molecule has 5 heteroatoms. The van der Waals surface area contributed by atoms with E-state index >= 15 is 0 Å². The summed E-state index contributed by atoms with van der Waals surface area (Å²) in [6.45, 7) is 2.28. The number of fused-ring (bicyclic) bond motifs is 4. The van der Waals surface area contributed by atoms with Crippen LogP contribution in [0, 0.1) is 11.3 Å². The number of benzene rings is 8. The highest BCUT2D eigenvalue weighted by molar-refractivity contribution is 6.10. The molecule has 8 aromatic carbocycles. The van der Waals surface area contributed by atoms with Crippen LogP contribution in [-0.4, -0.2) is 19.5 Å². The number of nitrogens with zero attached hydrogens (tertiary/aromatic N) is 5. The van der Waals surface area contributed by atoms with E-state index in [1.165, 1.54) is 38.8 Å². The van der Waals surface area contributed by atoms with Crippen LogP contribution in [0.25, 0.3) is 84.4 Å². The molecule has 2 aromatic heterocycles. The van der Waals surface area contributed by atoms with E-state index < -0.39 is 0 Å². The van der Waals surface area contributed by atoms with Gasteiger partial charge in [-0.15, -0.1) is 0 Å². The van der Waals surface area contributed by atoms with Crippen molar-refractivity contribution >= 4 is 33.5 Å². The molecule has 0 amide bonds. The molecule has 0 N–H and O–H groups in total. The maximum Gasteiger partial charge on any atom is 0.164 e. The van der Waals surface area contributed by atoms with E-state index in [9.17, 15) is 5.26 Å². The van der Waals surface area contributed by atoms with Gasteiger partial charge in [0.05, 0.1) is 22.7 Å². The molecule has 1 atom stereocenters. The van der Waals surface area contributed by atoms with E-state index in [0.29, 0.717) is 23.0 Å². The minimum atomic E-state index is 0.249. The minimum absolute atomic E-state index is 0.249. The summed E-state index contributed by atoms with van der Waals surface area (Å²) in [6.07, 6.45) is 11.2. The smallest absolute Gasteiger partial charge is 0.164 e. The summed E-state index contributed by atoms with van der Waals surface area (Å²) >= 11 is 0. The van der Waals surface area contributed by atoms with Crippen molar-refractivity contribution in [2.24, 2.45) is 0 Å². The first-order valence-electron chi connectivity index (χ1n) is 22.8. The summed E-state index contributed by atoms with van der Waals surface area (Å²) in [5.74, 6) is 1.90. The van der Waals surface area contributed by atoms with Gasteiger partial charge in [0, 0.05) is 33.2 Å². The molecule has 0 spiro atoms. The normalized spacial score (nSPS) is 15.7. The molecule has 0 radical (unpaired) electrons. The standard InChI is InChI=1S/C62H45N5/c1-42-25-27-46(28-26-44(35-43-15-5-2-6-16-43)36-51-21-11-12-22-55(42)51)47-29-32-54(33-30-47)67-58-24-14-13-23-56(58)57-34-31-50(40-59(57)67)52-37-45(41-63)38-53(39-52)62-65-60(48-17-7-3-8-18-48)64-61(66-62)49-19-9-4-10-20-49/h2-25,27-34,36-40,42H,26,35H2,1H3/b27-25-,44-36+,46-28+. The third kappa shape index (κ3) is 8.41. The second-order valence-corrected chi connectivity index (χ2v) is 17.2. The fraction of sp³-hybridized carbons (Fsp3) is 0.0645. The number of hydrogen-bond acceptors (Lipinski definition) is 4. The molecule has 0 bridgehead atoms. The second-order valence-electron chi connectivity index (χ2n) is 17.2. The molecule has 1 aliphatic carbocycles. The summed E-state index contributed by atoms with van der Waals surface area (Å²) in [6, 6.07) is 72.0. The van der Waals surface area contributed by atoms with Crippen LogP contribution in [0.3, 0.4) is 0 Å². The van der Waals surface area contributed by atoms with Crippen molar-refractivity contribution in [2.45, 2.75) is 25.7 Å². The highest BCUT2D eigenvalue weighted by Crippen LogP contribution is 2.37. The zero-order chi connectivity index (χ0) is 45.1. The van der Waals surface area contributed by atoms with Crippen LogP contribution in [0.1, 0.15) is 47.1 Å². The molecule has 0 aliphatic heterocycles. The highest BCUT2D eigenvalue weighted by atomic mass is 15.0. The van der Waals surface area contributed by atoms with E-state index in [2.05, 4.69) is 169 Å². The zero-order valence-corrected chi connectivity index (χ0v) is 37.1. The molecular formula is C62H45N5. The van der Waals surface area contributed by atoms with Crippen molar-refractivity contribution in [3.8, 4) is 57.0 Å². The quantitative estimate of drug-likeness (QED) is 0.153. The number of hydrogen-bond donors (Lipinski definition) is 0. The van der Waals surface area contributed by atoms with Gasteiger partial charge in [0.15, 0.2) is 17.5 Å². The fourth-order valence-corrected chi connectivity index (χ4v) is 9.35. The highest BCUT2D eigenvalue weighted by Gasteiger charge is 2.18. The lowest BCUT2D eigenvalue weighted by Gasteiger charge is -2.16. The first-order chi connectivity index (χ1) is 33.0. The Labute approximate surface area is 391 Å². The number of aromatic nitrogens is 4. The van der Waals surface area contributed by atoms with Crippen molar-refractivity contribution in [1.82, 2.24) is 19.5 Å². The van der Waals surface area contributed by atoms with E-state index in [1.807, 2.05) is 72.8 Å². The van der Waals surface area contributed by atoms with Crippen LogP contribution in [0.2, 0.25) is 0 Å². The van der Waals surface area contributed by atoms with Gasteiger partial charge in [0.1, 0.15) is 0 Å². The maximum absolute atomic E-state index is 10.4. The third-order valence-electron chi connectivity index (χ3n) is 12.8. The molecule has 10 aromatic rings. The largest absolute Gasteiger partial charge is 0.309 e. The van der Waals surface area contributed by atoms with E-state index in [-0.39, 0.29) is 5.92 Å². The third-order valence-corrected chi connectivity index (χ3v) is 12.8. The van der Waals surface area contributed by atoms with Gasteiger partial charge in [-0.3, -0.25) is 0 Å². The Balaban J connectivity index is 0.982. The molecule has 318 valence electrons. The summed E-state index contributed by atoms with van der Waals surface area (Å²) in [5, 5.41) is 12.7. The van der Waals surface area contributed by atoms with Crippen LogP contribution < -0.4 is 0 Å². The van der Waals surface area contributed by atoms with E-state index in [1.54, 1.807) is 0 Å². The Bertz CT molecular complexity index is 3520. The number of nitriles is 1.